The van der Waals surface area contributed by atoms with Crippen LogP contribution in [0.1, 0.15) is 27.7 Å². The Morgan fingerprint density at radius 1 is 1.46 bits per heavy atom. The Balaban J connectivity index is 3.05. The van der Waals surface area contributed by atoms with Crippen LogP contribution in [0, 0.1) is 5.92 Å². The van der Waals surface area contributed by atoms with Gasteiger partial charge in [-0.25, -0.2) is 0 Å². The van der Waals surface area contributed by atoms with Gasteiger partial charge in [-0.15, -0.1) is 0 Å². The highest BCUT2D eigenvalue weighted by molar-refractivity contribution is 5.87. The Labute approximate surface area is 79.7 Å². The first kappa shape index (κ1) is 10.7. The van der Waals surface area contributed by atoms with Gasteiger partial charge in [-0.3, -0.25) is 9.69 Å². The molecule has 0 aliphatic carbocycles. The van der Waals surface area contributed by atoms with Crippen LogP contribution in [0.15, 0.2) is 0 Å². The molecule has 1 aliphatic rings. The summed E-state index contributed by atoms with van der Waals surface area (Å²) in [6, 6.07) is 0.254. The number of aliphatic hydroxyl groups excluding tert-OH is 1. The van der Waals surface area contributed by atoms with E-state index in [1.807, 2.05) is 32.7 Å². The predicted molar refractivity (Wildman–Crippen MR) is 51.5 cm³/mol. The second-order valence-electron chi connectivity index (χ2n) is 4.36. The zero-order valence-corrected chi connectivity index (χ0v) is 9.03. The average molecular weight is 185 g/mol. The molecular weight excluding hydrogens is 166 g/mol. The van der Waals surface area contributed by atoms with Crippen LogP contribution in [0.5, 0.6) is 0 Å². The minimum Gasteiger partial charge on any atom is -0.390 e. The van der Waals surface area contributed by atoms with E-state index in [0.717, 1.165) is 0 Å². The summed E-state index contributed by atoms with van der Waals surface area (Å²) in [5.41, 5.74) is -0.696. The molecule has 3 nitrogen and oxygen atoms in total. The van der Waals surface area contributed by atoms with Gasteiger partial charge in [-0.2, -0.15) is 0 Å². The molecule has 0 aromatic heterocycles. The largest absolute Gasteiger partial charge is 0.390 e. The molecule has 0 aromatic rings. The molecule has 76 valence electrons. The van der Waals surface area contributed by atoms with Crippen molar-refractivity contribution in [3.63, 3.8) is 0 Å². The fourth-order valence-corrected chi connectivity index (χ4v) is 2.22. The molecule has 4 unspecified atom stereocenters. The molecule has 1 rings (SSSR count). The van der Waals surface area contributed by atoms with Crippen LogP contribution in [0.4, 0.5) is 0 Å². The van der Waals surface area contributed by atoms with Gasteiger partial charge in [0.1, 0.15) is 5.54 Å². The molecule has 0 bridgehead atoms. The minimum atomic E-state index is -0.696. The first-order valence-corrected chi connectivity index (χ1v) is 4.75. The monoisotopic (exact) mass is 185 g/mol. The summed E-state index contributed by atoms with van der Waals surface area (Å²) < 4.78 is 0. The lowest BCUT2D eigenvalue weighted by Crippen LogP contribution is -2.52. The van der Waals surface area contributed by atoms with Crippen LogP contribution in [-0.4, -0.2) is 40.5 Å². The lowest BCUT2D eigenvalue weighted by atomic mass is 9.87. The topological polar surface area (TPSA) is 40.5 Å². The minimum absolute atomic E-state index is 0.0405. The first-order valence-electron chi connectivity index (χ1n) is 4.75. The molecule has 13 heavy (non-hydrogen) atoms. The van der Waals surface area contributed by atoms with Crippen LogP contribution < -0.4 is 0 Å². The maximum Gasteiger partial charge on any atom is 0.152 e. The summed E-state index contributed by atoms with van der Waals surface area (Å²) in [5.74, 6) is 0.192. The number of carbonyl (C=O) groups is 1. The van der Waals surface area contributed by atoms with E-state index >= 15 is 0 Å². The molecular formula is C10H19NO2. The molecule has 1 saturated heterocycles. The third-order valence-electron chi connectivity index (χ3n) is 3.89. The van der Waals surface area contributed by atoms with E-state index in [9.17, 15) is 9.90 Å². The molecule has 0 spiro atoms. The number of carbonyl (C=O) groups excluding carboxylic acids is 1. The highest BCUT2D eigenvalue weighted by atomic mass is 16.3. The van der Waals surface area contributed by atoms with E-state index in [-0.39, 0.29) is 17.7 Å². The second-order valence-corrected chi connectivity index (χ2v) is 4.36. The molecule has 0 aromatic carbocycles. The standard InChI is InChI=1S/C10H19NO2/c1-6-7(2)11(5)10(4,8(3)12)9(6)13/h6-7,9,13H,1-5H3. The van der Waals surface area contributed by atoms with Crippen molar-refractivity contribution >= 4 is 5.78 Å². The summed E-state index contributed by atoms with van der Waals surface area (Å²) >= 11 is 0. The predicted octanol–water partition coefficient (Wildman–Crippen LogP) is 0.665. The van der Waals surface area contributed by atoms with Crippen molar-refractivity contribution in [3.05, 3.63) is 0 Å². The number of likely N-dealkylation sites (N-methyl/N-ethyl adjacent to an activating group) is 1. The third-order valence-corrected chi connectivity index (χ3v) is 3.89. The Morgan fingerprint density at radius 3 is 2.08 bits per heavy atom. The molecule has 0 saturated carbocycles. The van der Waals surface area contributed by atoms with Crippen LogP contribution >= 0.6 is 0 Å². The van der Waals surface area contributed by atoms with Crippen LogP contribution in [0.25, 0.3) is 0 Å². The Hall–Kier alpha value is -0.410. The zero-order chi connectivity index (χ0) is 10.4. The molecule has 1 aliphatic heterocycles. The lowest BCUT2D eigenvalue weighted by Gasteiger charge is -2.33. The Morgan fingerprint density at radius 2 is 1.92 bits per heavy atom. The normalized spacial score (nSPS) is 46.8. The molecule has 1 N–H and O–H groups in total. The Kier molecular flexibility index (Phi) is 2.52. The van der Waals surface area contributed by atoms with Gasteiger partial charge >= 0.3 is 0 Å². The van der Waals surface area contributed by atoms with E-state index in [1.165, 1.54) is 0 Å². The zero-order valence-electron chi connectivity index (χ0n) is 9.03. The van der Waals surface area contributed by atoms with Gasteiger partial charge in [0, 0.05) is 6.04 Å². The van der Waals surface area contributed by atoms with E-state index in [4.69, 9.17) is 0 Å². The molecule has 0 amide bonds. The van der Waals surface area contributed by atoms with Crippen molar-refractivity contribution in [2.24, 2.45) is 5.92 Å². The van der Waals surface area contributed by atoms with Gasteiger partial charge < -0.3 is 5.11 Å². The van der Waals surface area contributed by atoms with Gasteiger partial charge in [0.2, 0.25) is 0 Å². The van der Waals surface area contributed by atoms with E-state index in [1.54, 1.807) is 6.92 Å². The van der Waals surface area contributed by atoms with Crippen molar-refractivity contribution in [3.8, 4) is 0 Å². The number of hydrogen-bond donors (Lipinski definition) is 1. The van der Waals surface area contributed by atoms with Crippen molar-refractivity contribution in [1.29, 1.82) is 0 Å². The SMILES string of the molecule is CC(=O)C1(C)C(O)C(C)C(C)N1C. The second kappa shape index (κ2) is 3.07. The first-order chi connectivity index (χ1) is 5.83. The van der Waals surface area contributed by atoms with Crippen LogP contribution in [-0.2, 0) is 4.79 Å². The van der Waals surface area contributed by atoms with Crippen LogP contribution in [0.3, 0.4) is 0 Å². The molecule has 4 atom stereocenters. The summed E-state index contributed by atoms with van der Waals surface area (Å²) in [6.45, 7) is 7.40. The maximum absolute atomic E-state index is 11.5. The number of rotatable bonds is 1. The average Bonchev–Trinajstić information content (AvgIpc) is 2.22. The third kappa shape index (κ3) is 1.22. The quantitative estimate of drug-likeness (QED) is 0.652. The molecule has 1 fully saturated rings. The van der Waals surface area contributed by atoms with Gasteiger partial charge in [-0.05, 0) is 33.7 Å². The number of nitrogens with zero attached hydrogens (tertiary/aromatic N) is 1. The number of ketones is 1. The molecule has 3 heteroatoms. The summed E-state index contributed by atoms with van der Waals surface area (Å²) in [6.07, 6.45) is -0.551. The number of Topliss-reactive ketones (excluding diaryl/α,β-unsaturated/α-hetero) is 1. The van der Waals surface area contributed by atoms with E-state index < -0.39 is 11.6 Å². The molecule has 0 radical (unpaired) electrons. The van der Waals surface area contributed by atoms with E-state index in [0.29, 0.717) is 0 Å². The van der Waals surface area contributed by atoms with Gasteiger partial charge in [0.15, 0.2) is 5.78 Å². The van der Waals surface area contributed by atoms with Crippen molar-refractivity contribution in [2.75, 3.05) is 7.05 Å². The van der Waals surface area contributed by atoms with Crippen molar-refractivity contribution in [1.82, 2.24) is 4.90 Å². The maximum atomic E-state index is 11.5. The van der Waals surface area contributed by atoms with Crippen LogP contribution in [0.2, 0.25) is 0 Å². The van der Waals surface area contributed by atoms with Crippen molar-refractivity contribution in [2.45, 2.75) is 45.4 Å². The summed E-state index contributed by atoms with van der Waals surface area (Å²) in [7, 11) is 1.90. The highest BCUT2D eigenvalue weighted by Crippen LogP contribution is 2.37. The lowest BCUT2D eigenvalue weighted by molar-refractivity contribution is -0.130. The fourth-order valence-electron chi connectivity index (χ4n) is 2.22. The number of likely N-dealkylation sites (tertiary alicyclic amines) is 1. The van der Waals surface area contributed by atoms with Gasteiger partial charge in [0.25, 0.3) is 0 Å². The fraction of sp³-hybridized carbons (Fsp3) is 0.900. The van der Waals surface area contributed by atoms with Crippen molar-refractivity contribution < 1.29 is 9.90 Å². The number of aliphatic hydroxyl groups is 1. The molecule has 1 heterocycles. The highest BCUT2D eigenvalue weighted by Gasteiger charge is 2.53. The summed E-state index contributed by atoms with van der Waals surface area (Å²) in [5, 5.41) is 9.97. The van der Waals surface area contributed by atoms with Gasteiger partial charge in [0.05, 0.1) is 6.10 Å². The summed E-state index contributed by atoms with van der Waals surface area (Å²) in [4.78, 5) is 13.5. The number of hydrogen-bond acceptors (Lipinski definition) is 3. The Bertz CT molecular complexity index is 213. The van der Waals surface area contributed by atoms with Gasteiger partial charge in [-0.1, -0.05) is 6.92 Å². The smallest absolute Gasteiger partial charge is 0.152 e. The van der Waals surface area contributed by atoms with E-state index in [2.05, 4.69) is 0 Å².